The number of carboxylic acids is 1. The zero-order valence-corrected chi connectivity index (χ0v) is 9.94. The van der Waals surface area contributed by atoms with Gasteiger partial charge < -0.3 is 10.0 Å². The van der Waals surface area contributed by atoms with Gasteiger partial charge in [-0.3, -0.25) is 9.78 Å². The Morgan fingerprint density at radius 3 is 2.65 bits per heavy atom. The van der Waals surface area contributed by atoms with Crippen molar-refractivity contribution >= 4 is 23.5 Å². The maximum Gasteiger partial charge on any atom is 0.329 e. The average molecular weight is 255 g/mol. The quantitative estimate of drug-likeness (QED) is 0.886. The molecule has 6 heteroatoms. The molecule has 0 aromatic carbocycles. The van der Waals surface area contributed by atoms with Crippen molar-refractivity contribution in [2.45, 2.75) is 18.4 Å². The highest BCUT2D eigenvalue weighted by Crippen LogP contribution is 2.42. The molecular weight excluding hydrogens is 244 g/mol. The Kier molecular flexibility index (Phi) is 2.79. The van der Waals surface area contributed by atoms with Gasteiger partial charge in [-0.25, -0.2) is 4.79 Å². The fourth-order valence-corrected chi connectivity index (χ4v) is 1.94. The highest BCUT2D eigenvalue weighted by atomic mass is 35.5. The van der Waals surface area contributed by atoms with Crippen LogP contribution in [0.15, 0.2) is 18.5 Å². The zero-order valence-electron chi connectivity index (χ0n) is 9.18. The van der Waals surface area contributed by atoms with Crippen LogP contribution >= 0.6 is 11.6 Å². The molecule has 1 heterocycles. The van der Waals surface area contributed by atoms with Crippen molar-refractivity contribution < 1.29 is 14.7 Å². The van der Waals surface area contributed by atoms with E-state index >= 15 is 0 Å². The number of likely N-dealkylation sites (N-methyl/N-ethyl adjacent to an activating group) is 1. The van der Waals surface area contributed by atoms with E-state index in [9.17, 15) is 9.59 Å². The van der Waals surface area contributed by atoms with Crippen molar-refractivity contribution in [3.05, 3.63) is 29.0 Å². The Hall–Kier alpha value is -1.62. The smallest absolute Gasteiger partial charge is 0.329 e. The predicted octanol–water partition coefficient (Wildman–Crippen LogP) is 1.42. The fourth-order valence-electron chi connectivity index (χ4n) is 1.73. The third kappa shape index (κ3) is 1.86. The largest absolute Gasteiger partial charge is 0.479 e. The van der Waals surface area contributed by atoms with Gasteiger partial charge in [0.15, 0.2) is 0 Å². The molecule has 0 aliphatic heterocycles. The number of hydrogen-bond acceptors (Lipinski definition) is 3. The molecule has 1 fully saturated rings. The molecule has 0 saturated heterocycles. The van der Waals surface area contributed by atoms with Crippen LogP contribution in [0.3, 0.4) is 0 Å². The summed E-state index contributed by atoms with van der Waals surface area (Å²) in [5, 5.41) is 9.33. The molecule has 90 valence electrons. The lowest BCUT2D eigenvalue weighted by molar-refractivity contribution is -0.143. The molecule has 0 unspecified atom stereocenters. The lowest BCUT2D eigenvalue weighted by Crippen LogP contribution is -2.44. The number of pyridine rings is 1. The summed E-state index contributed by atoms with van der Waals surface area (Å²) in [4.78, 5) is 28.2. The molecule has 1 amide bonds. The number of amides is 1. The van der Waals surface area contributed by atoms with E-state index in [0.717, 1.165) is 0 Å². The molecule has 1 aliphatic rings. The third-order valence-corrected chi connectivity index (χ3v) is 3.37. The van der Waals surface area contributed by atoms with Crippen molar-refractivity contribution in [3.63, 3.8) is 0 Å². The van der Waals surface area contributed by atoms with Crippen LogP contribution in [0.1, 0.15) is 23.2 Å². The number of aromatic nitrogens is 1. The maximum absolute atomic E-state index is 12.1. The molecule has 1 aromatic rings. The minimum Gasteiger partial charge on any atom is -0.479 e. The van der Waals surface area contributed by atoms with Crippen LogP contribution in [-0.2, 0) is 4.79 Å². The first-order valence-corrected chi connectivity index (χ1v) is 5.48. The molecule has 0 atom stereocenters. The minimum absolute atomic E-state index is 0.227. The Morgan fingerprint density at radius 2 is 2.18 bits per heavy atom. The molecule has 17 heavy (non-hydrogen) atoms. The Morgan fingerprint density at radius 1 is 1.53 bits per heavy atom. The van der Waals surface area contributed by atoms with E-state index in [2.05, 4.69) is 4.98 Å². The summed E-state index contributed by atoms with van der Waals surface area (Å²) >= 11 is 5.86. The van der Waals surface area contributed by atoms with Crippen LogP contribution in [0.2, 0.25) is 5.02 Å². The number of nitrogens with zero attached hydrogens (tertiary/aromatic N) is 2. The molecule has 1 saturated carbocycles. The van der Waals surface area contributed by atoms with Gasteiger partial charge in [-0.05, 0) is 18.9 Å². The van der Waals surface area contributed by atoms with E-state index in [4.69, 9.17) is 16.7 Å². The molecule has 5 nitrogen and oxygen atoms in total. The van der Waals surface area contributed by atoms with E-state index < -0.39 is 17.4 Å². The summed E-state index contributed by atoms with van der Waals surface area (Å²) in [6, 6.07) is 1.49. The van der Waals surface area contributed by atoms with Gasteiger partial charge in [0.05, 0.1) is 10.6 Å². The summed E-state index contributed by atoms with van der Waals surface area (Å²) < 4.78 is 0. The molecule has 1 aromatic heterocycles. The first kappa shape index (κ1) is 11.9. The lowest BCUT2D eigenvalue weighted by atomic mass is 10.2. The van der Waals surface area contributed by atoms with Gasteiger partial charge in [-0.2, -0.15) is 0 Å². The summed E-state index contributed by atoms with van der Waals surface area (Å²) in [5.74, 6) is -1.36. The summed E-state index contributed by atoms with van der Waals surface area (Å²) in [6.07, 6.45) is 3.77. The molecular formula is C11H11ClN2O3. The van der Waals surface area contributed by atoms with E-state index in [1.54, 1.807) is 0 Å². The van der Waals surface area contributed by atoms with Gasteiger partial charge in [-0.15, -0.1) is 0 Å². The monoisotopic (exact) mass is 254 g/mol. The Balaban J connectivity index is 2.28. The van der Waals surface area contributed by atoms with Gasteiger partial charge >= 0.3 is 5.97 Å². The van der Waals surface area contributed by atoms with Gasteiger partial charge in [0.25, 0.3) is 5.91 Å². The third-order valence-electron chi connectivity index (χ3n) is 3.07. The van der Waals surface area contributed by atoms with Crippen molar-refractivity contribution in [2.75, 3.05) is 7.05 Å². The number of aliphatic carboxylic acids is 1. The van der Waals surface area contributed by atoms with Crippen LogP contribution in [-0.4, -0.2) is 39.5 Å². The maximum atomic E-state index is 12.1. The number of hydrogen-bond donors (Lipinski definition) is 1. The number of carbonyl (C=O) groups excluding carboxylic acids is 1. The minimum atomic E-state index is -1.05. The van der Waals surface area contributed by atoms with E-state index in [-0.39, 0.29) is 10.6 Å². The lowest BCUT2D eigenvalue weighted by Gasteiger charge is -2.24. The molecule has 2 rings (SSSR count). The number of halogens is 1. The molecule has 1 N–H and O–H groups in total. The second-order valence-corrected chi connectivity index (χ2v) is 4.46. The number of carbonyl (C=O) groups is 2. The van der Waals surface area contributed by atoms with Crippen LogP contribution in [0, 0.1) is 0 Å². The topological polar surface area (TPSA) is 70.5 Å². The van der Waals surface area contributed by atoms with Gasteiger partial charge in [-0.1, -0.05) is 11.6 Å². The summed E-state index contributed by atoms with van der Waals surface area (Å²) in [5.41, 5.74) is -0.777. The van der Waals surface area contributed by atoms with Crippen molar-refractivity contribution in [3.8, 4) is 0 Å². The highest BCUT2D eigenvalue weighted by Gasteiger charge is 2.55. The second kappa shape index (κ2) is 4.00. The SMILES string of the molecule is CN(C(=O)c1ccncc1Cl)C1(C(=O)O)CC1. The molecule has 1 aliphatic carbocycles. The first-order valence-electron chi connectivity index (χ1n) is 5.10. The molecule has 0 bridgehead atoms. The van der Waals surface area contributed by atoms with E-state index in [0.29, 0.717) is 12.8 Å². The summed E-state index contributed by atoms with van der Waals surface area (Å²) in [6.45, 7) is 0. The van der Waals surface area contributed by atoms with Crippen LogP contribution in [0.4, 0.5) is 0 Å². The highest BCUT2D eigenvalue weighted by molar-refractivity contribution is 6.33. The Bertz CT molecular complexity index is 485. The summed E-state index contributed by atoms with van der Waals surface area (Å²) in [7, 11) is 1.49. The second-order valence-electron chi connectivity index (χ2n) is 4.06. The van der Waals surface area contributed by atoms with Crippen LogP contribution < -0.4 is 0 Å². The van der Waals surface area contributed by atoms with Crippen LogP contribution in [0.25, 0.3) is 0 Å². The Labute approximate surface area is 103 Å². The predicted molar refractivity (Wildman–Crippen MR) is 60.9 cm³/mol. The molecule has 0 radical (unpaired) electrons. The van der Waals surface area contributed by atoms with Crippen LogP contribution in [0.5, 0.6) is 0 Å². The normalized spacial score (nSPS) is 16.4. The first-order chi connectivity index (χ1) is 7.99. The van der Waals surface area contributed by atoms with Gasteiger partial charge in [0.2, 0.25) is 0 Å². The standard InChI is InChI=1S/C11H11ClN2O3/c1-14(11(3-4-11)10(16)17)9(15)7-2-5-13-6-8(7)12/h2,5-6H,3-4H2,1H3,(H,16,17). The molecule has 0 spiro atoms. The van der Waals surface area contributed by atoms with Gasteiger partial charge in [0, 0.05) is 19.4 Å². The average Bonchev–Trinajstić information content (AvgIpc) is 3.09. The van der Waals surface area contributed by atoms with Crippen molar-refractivity contribution in [1.29, 1.82) is 0 Å². The van der Waals surface area contributed by atoms with E-state index in [1.165, 1.54) is 30.4 Å². The van der Waals surface area contributed by atoms with Crippen molar-refractivity contribution in [2.24, 2.45) is 0 Å². The van der Waals surface area contributed by atoms with E-state index in [1.807, 2.05) is 0 Å². The number of rotatable bonds is 3. The zero-order chi connectivity index (χ0) is 12.6. The fraction of sp³-hybridized carbons (Fsp3) is 0.364. The van der Waals surface area contributed by atoms with Gasteiger partial charge in [0.1, 0.15) is 5.54 Å². The number of carboxylic acid groups (broad SMARTS) is 1. The van der Waals surface area contributed by atoms with Crippen molar-refractivity contribution in [1.82, 2.24) is 9.88 Å².